The first-order valence-electron chi connectivity index (χ1n) is 7.48. The molecule has 4 rings (SSSR count). The molecule has 0 saturated carbocycles. The van der Waals surface area contributed by atoms with Crippen LogP contribution in [0, 0.1) is 6.92 Å². The predicted octanol–water partition coefficient (Wildman–Crippen LogP) is 2.58. The molecule has 1 aromatic carbocycles. The van der Waals surface area contributed by atoms with E-state index < -0.39 is 0 Å². The van der Waals surface area contributed by atoms with Crippen molar-refractivity contribution < 1.29 is 14.0 Å². The standard InChI is InChI=1S/C16H16N4O3/c1-3-14-17-10(2)7-20(14)8-15-18-16(19-23-15)11-4-5-12-13(6-11)22-9-21-12/h4-7H,3,8-9H2,1-2H3. The van der Waals surface area contributed by atoms with Gasteiger partial charge in [-0.1, -0.05) is 12.1 Å². The van der Waals surface area contributed by atoms with E-state index in [4.69, 9.17) is 14.0 Å². The molecule has 118 valence electrons. The highest BCUT2D eigenvalue weighted by molar-refractivity contribution is 5.61. The van der Waals surface area contributed by atoms with Crippen LogP contribution in [0.5, 0.6) is 11.5 Å². The van der Waals surface area contributed by atoms with Gasteiger partial charge in [-0.15, -0.1) is 0 Å². The first-order valence-corrected chi connectivity index (χ1v) is 7.48. The number of imidazole rings is 1. The largest absolute Gasteiger partial charge is 0.454 e. The molecule has 0 radical (unpaired) electrons. The average Bonchev–Trinajstić information content (AvgIpc) is 3.26. The van der Waals surface area contributed by atoms with Gasteiger partial charge in [0, 0.05) is 18.2 Å². The first-order chi connectivity index (χ1) is 11.2. The minimum Gasteiger partial charge on any atom is -0.454 e. The lowest BCUT2D eigenvalue weighted by Gasteiger charge is -2.01. The van der Waals surface area contributed by atoms with Crippen LogP contribution in [0.3, 0.4) is 0 Å². The lowest BCUT2D eigenvalue weighted by Crippen LogP contribution is -2.03. The number of aryl methyl sites for hydroxylation is 2. The van der Waals surface area contributed by atoms with Crippen molar-refractivity contribution in [2.45, 2.75) is 26.8 Å². The van der Waals surface area contributed by atoms with E-state index in [-0.39, 0.29) is 6.79 Å². The molecule has 1 aliphatic rings. The van der Waals surface area contributed by atoms with Crippen LogP contribution >= 0.6 is 0 Å². The summed E-state index contributed by atoms with van der Waals surface area (Å²) in [5, 5.41) is 4.05. The number of ether oxygens (including phenoxy) is 2. The Morgan fingerprint density at radius 3 is 2.91 bits per heavy atom. The Morgan fingerprint density at radius 1 is 1.17 bits per heavy atom. The molecule has 7 nitrogen and oxygen atoms in total. The topological polar surface area (TPSA) is 75.2 Å². The van der Waals surface area contributed by atoms with Gasteiger partial charge in [0.05, 0.1) is 5.69 Å². The van der Waals surface area contributed by atoms with E-state index in [1.54, 1.807) is 0 Å². The van der Waals surface area contributed by atoms with Crippen LogP contribution in [0.2, 0.25) is 0 Å². The molecule has 0 unspecified atom stereocenters. The molecular weight excluding hydrogens is 296 g/mol. The molecule has 0 bridgehead atoms. The summed E-state index contributed by atoms with van der Waals surface area (Å²) in [5.41, 5.74) is 1.82. The number of nitrogens with zero attached hydrogens (tertiary/aromatic N) is 4. The van der Waals surface area contributed by atoms with Gasteiger partial charge in [-0.2, -0.15) is 4.98 Å². The van der Waals surface area contributed by atoms with Gasteiger partial charge in [-0.25, -0.2) is 4.98 Å². The molecule has 0 amide bonds. The summed E-state index contributed by atoms with van der Waals surface area (Å²) >= 11 is 0. The van der Waals surface area contributed by atoms with Crippen molar-refractivity contribution in [3.8, 4) is 22.9 Å². The molecule has 3 aromatic rings. The van der Waals surface area contributed by atoms with Crippen LogP contribution < -0.4 is 9.47 Å². The second-order valence-corrected chi connectivity index (χ2v) is 5.36. The summed E-state index contributed by atoms with van der Waals surface area (Å²) in [5.74, 6) is 3.52. The van der Waals surface area contributed by atoms with Crippen molar-refractivity contribution in [1.82, 2.24) is 19.7 Å². The molecule has 7 heteroatoms. The minimum atomic E-state index is 0.246. The van der Waals surface area contributed by atoms with E-state index in [1.165, 1.54) is 0 Å². The van der Waals surface area contributed by atoms with Gasteiger partial charge < -0.3 is 18.6 Å². The highest BCUT2D eigenvalue weighted by Gasteiger charge is 2.17. The fourth-order valence-corrected chi connectivity index (χ4v) is 2.63. The first kappa shape index (κ1) is 13.8. The fourth-order valence-electron chi connectivity index (χ4n) is 2.63. The van der Waals surface area contributed by atoms with E-state index in [1.807, 2.05) is 35.9 Å². The highest BCUT2D eigenvalue weighted by Crippen LogP contribution is 2.35. The second-order valence-electron chi connectivity index (χ2n) is 5.36. The Kier molecular flexibility index (Phi) is 3.25. The van der Waals surface area contributed by atoms with Crippen molar-refractivity contribution >= 4 is 0 Å². The van der Waals surface area contributed by atoms with E-state index >= 15 is 0 Å². The molecule has 1 aliphatic heterocycles. The Bertz CT molecular complexity index is 853. The molecular formula is C16H16N4O3. The number of fused-ring (bicyclic) bond motifs is 1. The third kappa shape index (κ3) is 2.54. The summed E-state index contributed by atoms with van der Waals surface area (Å²) in [7, 11) is 0. The smallest absolute Gasteiger partial charge is 0.246 e. The van der Waals surface area contributed by atoms with E-state index in [0.717, 1.165) is 29.3 Å². The van der Waals surface area contributed by atoms with E-state index in [2.05, 4.69) is 22.0 Å². The van der Waals surface area contributed by atoms with Crippen molar-refractivity contribution in [3.63, 3.8) is 0 Å². The predicted molar refractivity (Wildman–Crippen MR) is 81.3 cm³/mol. The zero-order chi connectivity index (χ0) is 15.8. The Labute approximate surface area is 132 Å². The van der Waals surface area contributed by atoms with Crippen molar-refractivity contribution in [3.05, 3.63) is 41.8 Å². The molecule has 0 atom stereocenters. The van der Waals surface area contributed by atoms with Gasteiger partial charge in [0.25, 0.3) is 0 Å². The molecule has 0 N–H and O–H groups in total. The molecule has 0 saturated heterocycles. The summed E-state index contributed by atoms with van der Waals surface area (Å²) < 4.78 is 18.1. The quantitative estimate of drug-likeness (QED) is 0.737. The summed E-state index contributed by atoms with van der Waals surface area (Å²) in [6, 6.07) is 5.60. The Morgan fingerprint density at radius 2 is 2.04 bits per heavy atom. The van der Waals surface area contributed by atoms with Gasteiger partial charge in [-0.3, -0.25) is 0 Å². The number of hydrogen-bond donors (Lipinski definition) is 0. The number of aromatic nitrogens is 4. The highest BCUT2D eigenvalue weighted by atomic mass is 16.7. The van der Waals surface area contributed by atoms with Gasteiger partial charge >= 0.3 is 0 Å². The number of rotatable bonds is 4. The van der Waals surface area contributed by atoms with Gasteiger partial charge in [0.1, 0.15) is 12.4 Å². The van der Waals surface area contributed by atoms with Crippen LogP contribution in [0.15, 0.2) is 28.9 Å². The normalized spacial score (nSPS) is 12.8. The van der Waals surface area contributed by atoms with Gasteiger partial charge in [0.2, 0.25) is 18.5 Å². The minimum absolute atomic E-state index is 0.246. The van der Waals surface area contributed by atoms with Crippen molar-refractivity contribution in [2.75, 3.05) is 6.79 Å². The zero-order valence-electron chi connectivity index (χ0n) is 12.9. The third-order valence-corrected chi connectivity index (χ3v) is 3.70. The molecule has 0 spiro atoms. The molecule has 0 aliphatic carbocycles. The lowest BCUT2D eigenvalue weighted by atomic mass is 10.2. The SMILES string of the molecule is CCc1nc(C)cn1Cc1nc(-c2ccc3c(c2)OCO3)no1. The summed E-state index contributed by atoms with van der Waals surface area (Å²) in [6.45, 7) is 4.81. The number of benzene rings is 1. The molecule has 0 fully saturated rings. The zero-order valence-corrected chi connectivity index (χ0v) is 12.9. The van der Waals surface area contributed by atoms with Crippen LogP contribution in [-0.4, -0.2) is 26.5 Å². The maximum Gasteiger partial charge on any atom is 0.246 e. The Hall–Kier alpha value is -2.83. The summed E-state index contributed by atoms with van der Waals surface area (Å²) in [6.07, 6.45) is 2.85. The van der Waals surface area contributed by atoms with Crippen LogP contribution in [0.25, 0.3) is 11.4 Å². The maximum atomic E-state index is 5.38. The van der Waals surface area contributed by atoms with Crippen molar-refractivity contribution in [2.24, 2.45) is 0 Å². The van der Waals surface area contributed by atoms with Crippen molar-refractivity contribution in [1.29, 1.82) is 0 Å². The maximum absolute atomic E-state index is 5.38. The van der Waals surface area contributed by atoms with Gasteiger partial charge in [0.15, 0.2) is 11.5 Å². The average molecular weight is 312 g/mol. The lowest BCUT2D eigenvalue weighted by molar-refractivity contribution is 0.174. The van der Waals surface area contributed by atoms with E-state index in [0.29, 0.717) is 24.0 Å². The fraction of sp³-hybridized carbons (Fsp3) is 0.312. The Balaban J connectivity index is 1.59. The molecule has 23 heavy (non-hydrogen) atoms. The van der Waals surface area contributed by atoms with Gasteiger partial charge in [-0.05, 0) is 25.1 Å². The molecule has 2 aromatic heterocycles. The monoisotopic (exact) mass is 312 g/mol. The number of hydrogen-bond acceptors (Lipinski definition) is 6. The third-order valence-electron chi connectivity index (χ3n) is 3.70. The van der Waals surface area contributed by atoms with Crippen LogP contribution in [0.1, 0.15) is 24.3 Å². The summed E-state index contributed by atoms with van der Waals surface area (Å²) in [4.78, 5) is 8.94. The van der Waals surface area contributed by atoms with E-state index in [9.17, 15) is 0 Å². The second kappa shape index (κ2) is 5.42. The van der Waals surface area contributed by atoms with Crippen LogP contribution in [0.4, 0.5) is 0 Å². The van der Waals surface area contributed by atoms with Crippen LogP contribution in [-0.2, 0) is 13.0 Å². The molecule has 3 heterocycles.